The van der Waals surface area contributed by atoms with Crippen molar-refractivity contribution in [2.45, 2.75) is 37.5 Å². The third kappa shape index (κ3) is 1.93. The lowest BCUT2D eigenvalue weighted by molar-refractivity contribution is -0.0669. The molecule has 0 aromatic heterocycles. The molecule has 3 fully saturated rings. The van der Waals surface area contributed by atoms with Crippen LogP contribution in [0.1, 0.15) is 19.3 Å². The van der Waals surface area contributed by atoms with Gasteiger partial charge in [-0.2, -0.15) is 0 Å². The minimum Gasteiger partial charge on any atom is -0.394 e. The van der Waals surface area contributed by atoms with Crippen LogP contribution in [0.15, 0.2) is 0 Å². The van der Waals surface area contributed by atoms with Gasteiger partial charge in [0, 0.05) is 19.1 Å². The summed E-state index contributed by atoms with van der Waals surface area (Å²) >= 11 is 0. The highest BCUT2D eigenvalue weighted by molar-refractivity contribution is 4.93. The molecule has 2 heterocycles. The number of nitrogens with zero attached hydrogens (tertiary/aromatic N) is 1. The number of piperidine rings is 2. The van der Waals surface area contributed by atoms with E-state index in [2.05, 4.69) is 4.90 Å². The summed E-state index contributed by atoms with van der Waals surface area (Å²) in [4.78, 5) is 2.21. The highest BCUT2D eigenvalue weighted by Gasteiger charge is 2.39. The summed E-state index contributed by atoms with van der Waals surface area (Å²) in [5.41, 5.74) is 0. The van der Waals surface area contributed by atoms with Gasteiger partial charge in [0.15, 0.2) is 0 Å². The molecule has 4 unspecified atom stereocenters. The Balaban J connectivity index is 1.90. The van der Waals surface area contributed by atoms with E-state index in [9.17, 15) is 10.2 Å². The monoisotopic (exact) mass is 201 g/mol. The van der Waals surface area contributed by atoms with E-state index in [0.29, 0.717) is 18.5 Å². The Kier molecular flexibility index (Phi) is 3.07. The molecule has 0 aromatic rings. The molecule has 4 heteroatoms. The van der Waals surface area contributed by atoms with Gasteiger partial charge in [0.05, 0.1) is 18.8 Å². The maximum Gasteiger partial charge on any atom is 0.0897 e. The number of hydrogen-bond donors (Lipinski definition) is 3. The van der Waals surface area contributed by atoms with Crippen molar-refractivity contribution in [3.05, 3.63) is 0 Å². The summed E-state index contributed by atoms with van der Waals surface area (Å²) in [5, 5.41) is 27.8. The molecule has 14 heavy (non-hydrogen) atoms. The van der Waals surface area contributed by atoms with Crippen LogP contribution in [0.3, 0.4) is 0 Å². The van der Waals surface area contributed by atoms with Crippen molar-refractivity contribution >= 4 is 0 Å². The Morgan fingerprint density at radius 3 is 2.64 bits per heavy atom. The van der Waals surface area contributed by atoms with Crippen molar-refractivity contribution in [1.29, 1.82) is 0 Å². The number of fused-ring (bicyclic) bond motifs is 3. The quantitative estimate of drug-likeness (QED) is 0.558. The van der Waals surface area contributed by atoms with E-state index in [1.807, 2.05) is 0 Å². The zero-order chi connectivity index (χ0) is 10.1. The second-order valence-electron chi connectivity index (χ2n) is 4.58. The Morgan fingerprint density at radius 1 is 1.36 bits per heavy atom. The minimum absolute atomic E-state index is 0.142. The number of aliphatic hydroxyl groups is 3. The molecule has 0 spiro atoms. The van der Waals surface area contributed by atoms with Crippen LogP contribution in [-0.2, 0) is 0 Å². The minimum atomic E-state index is -0.633. The van der Waals surface area contributed by atoms with E-state index in [-0.39, 0.29) is 12.7 Å². The molecule has 0 radical (unpaired) electrons. The average Bonchev–Trinajstić information content (AvgIpc) is 2.19. The highest BCUT2D eigenvalue weighted by Crippen LogP contribution is 2.34. The van der Waals surface area contributed by atoms with Crippen molar-refractivity contribution in [1.82, 2.24) is 4.90 Å². The fourth-order valence-corrected chi connectivity index (χ4v) is 2.73. The molecule has 4 atom stereocenters. The fraction of sp³-hybridized carbons (Fsp3) is 1.00. The van der Waals surface area contributed by atoms with Gasteiger partial charge < -0.3 is 15.3 Å². The fourth-order valence-electron chi connectivity index (χ4n) is 2.73. The lowest BCUT2D eigenvalue weighted by Crippen LogP contribution is -2.55. The molecular weight excluding hydrogens is 182 g/mol. The van der Waals surface area contributed by atoms with Crippen LogP contribution in [0, 0.1) is 5.92 Å². The molecule has 0 aromatic carbocycles. The van der Waals surface area contributed by atoms with Gasteiger partial charge in [0.2, 0.25) is 0 Å². The number of hydrogen-bond acceptors (Lipinski definition) is 4. The van der Waals surface area contributed by atoms with Crippen molar-refractivity contribution in [3.63, 3.8) is 0 Å². The van der Waals surface area contributed by atoms with Crippen molar-refractivity contribution < 1.29 is 15.3 Å². The lowest BCUT2D eigenvalue weighted by atomic mass is 9.77. The molecule has 3 rings (SSSR count). The zero-order valence-electron chi connectivity index (χ0n) is 8.34. The molecule has 4 nitrogen and oxygen atoms in total. The molecule has 0 amide bonds. The van der Waals surface area contributed by atoms with Crippen LogP contribution in [0.4, 0.5) is 0 Å². The predicted octanol–water partition coefficient (Wildman–Crippen LogP) is -0.815. The Hall–Kier alpha value is -0.160. The van der Waals surface area contributed by atoms with Crippen molar-refractivity contribution in [2.24, 2.45) is 5.92 Å². The van der Waals surface area contributed by atoms with Gasteiger partial charge in [-0.05, 0) is 25.2 Å². The summed E-state index contributed by atoms with van der Waals surface area (Å²) in [6.07, 6.45) is 2.29. The van der Waals surface area contributed by atoms with Crippen LogP contribution < -0.4 is 0 Å². The third-order valence-corrected chi connectivity index (χ3v) is 3.57. The van der Waals surface area contributed by atoms with Crippen LogP contribution >= 0.6 is 0 Å². The van der Waals surface area contributed by atoms with E-state index < -0.39 is 6.10 Å². The second kappa shape index (κ2) is 4.14. The van der Waals surface area contributed by atoms with Gasteiger partial charge in [-0.1, -0.05) is 0 Å². The molecular formula is C10H19NO3. The zero-order valence-corrected chi connectivity index (χ0v) is 8.34. The van der Waals surface area contributed by atoms with Crippen LogP contribution in [0.2, 0.25) is 0 Å². The highest BCUT2D eigenvalue weighted by atomic mass is 16.3. The topological polar surface area (TPSA) is 63.9 Å². The predicted molar refractivity (Wildman–Crippen MR) is 51.8 cm³/mol. The summed E-state index contributed by atoms with van der Waals surface area (Å²) in [5.74, 6) is 0.380. The maximum atomic E-state index is 9.67. The molecule has 82 valence electrons. The number of rotatable bonds is 3. The lowest BCUT2D eigenvalue weighted by Gasteiger charge is -2.48. The molecule has 3 N–H and O–H groups in total. The molecule has 2 saturated heterocycles. The Morgan fingerprint density at radius 2 is 2.14 bits per heavy atom. The first-order chi connectivity index (χ1) is 6.70. The standard InChI is InChI=1S/C10H19NO3/c12-6-9(13)5-11-4-7-1-2-8(11)3-10(7)14/h7-10,12-14H,1-6H2. The van der Waals surface area contributed by atoms with Gasteiger partial charge in [-0.15, -0.1) is 0 Å². The SMILES string of the molecule is OCC(O)CN1CC2CCC1CC2O. The molecule has 3 aliphatic rings. The third-order valence-electron chi connectivity index (χ3n) is 3.57. The van der Waals surface area contributed by atoms with E-state index in [1.54, 1.807) is 0 Å². The van der Waals surface area contributed by atoms with E-state index in [4.69, 9.17) is 5.11 Å². The van der Waals surface area contributed by atoms with Crippen LogP contribution in [0.25, 0.3) is 0 Å². The molecule has 1 saturated carbocycles. The summed E-state index contributed by atoms with van der Waals surface area (Å²) in [7, 11) is 0. The van der Waals surface area contributed by atoms with Gasteiger partial charge >= 0.3 is 0 Å². The first-order valence-electron chi connectivity index (χ1n) is 5.41. The van der Waals surface area contributed by atoms with Crippen molar-refractivity contribution in [3.8, 4) is 0 Å². The summed E-state index contributed by atoms with van der Waals surface area (Å²) in [6.45, 7) is 1.25. The molecule has 1 aliphatic carbocycles. The van der Waals surface area contributed by atoms with Gasteiger partial charge in [0.1, 0.15) is 0 Å². The molecule has 2 bridgehead atoms. The molecule has 2 aliphatic heterocycles. The van der Waals surface area contributed by atoms with Gasteiger partial charge in [-0.25, -0.2) is 0 Å². The van der Waals surface area contributed by atoms with Gasteiger partial charge in [0.25, 0.3) is 0 Å². The van der Waals surface area contributed by atoms with E-state index in [0.717, 1.165) is 25.8 Å². The number of aliphatic hydroxyl groups excluding tert-OH is 3. The Labute approximate surface area is 84.2 Å². The smallest absolute Gasteiger partial charge is 0.0897 e. The first-order valence-corrected chi connectivity index (χ1v) is 5.41. The maximum absolute atomic E-state index is 9.67. The van der Waals surface area contributed by atoms with Gasteiger partial charge in [-0.3, -0.25) is 4.90 Å². The largest absolute Gasteiger partial charge is 0.394 e. The normalized spacial score (nSPS) is 40.1. The van der Waals surface area contributed by atoms with E-state index in [1.165, 1.54) is 0 Å². The van der Waals surface area contributed by atoms with Crippen LogP contribution in [0.5, 0.6) is 0 Å². The second-order valence-corrected chi connectivity index (χ2v) is 4.58. The van der Waals surface area contributed by atoms with Crippen LogP contribution in [-0.4, -0.2) is 58.2 Å². The average molecular weight is 201 g/mol. The van der Waals surface area contributed by atoms with Crippen molar-refractivity contribution in [2.75, 3.05) is 19.7 Å². The first kappa shape index (κ1) is 10.4. The summed E-state index contributed by atoms with van der Waals surface area (Å²) < 4.78 is 0. The Bertz CT molecular complexity index is 198. The summed E-state index contributed by atoms with van der Waals surface area (Å²) in [6, 6.07) is 0.413. The van der Waals surface area contributed by atoms with E-state index >= 15 is 0 Å².